The Morgan fingerprint density at radius 3 is 2.95 bits per heavy atom. The maximum absolute atomic E-state index is 11.5. The molecule has 0 amide bonds. The van der Waals surface area contributed by atoms with E-state index < -0.39 is 18.0 Å². The van der Waals surface area contributed by atoms with E-state index in [0.29, 0.717) is 17.7 Å². The number of hydrogen-bond donors (Lipinski definition) is 1. The summed E-state index contributed by atoms with van der Waals surface area (Å²) in [6.45, 7) is 0.273. The van der Waals surface area contributed by atoms with Gasteiger partial charge in [-0.05, 0) is 23.8 Å². The van der Waals surface area contributed by atoms with Crippen LogP contribution in [0.3, 0.4) is 0 Å². The summed E-state index contributed by atoms with van der Waals surface area (Å²) < 4.78 is 14.6. The molecule has 0 saturated carbocycles. The third-order valence-electron chi connectivity index (χ3n) is 2.76. The van der Waals surface area contributed by atoms with Crippen molar-refractivity contribution in [3.05, 3.63) is 29.8 Å². The lowest BCUT2D eigenvalue weighted by molar-refractivity contribution is -0.156. The quantitative estimate of drug-likeness (QED) is 0.660. The van der Waals surface area contributed by atoms with Crippen molar-refractivity contribution >= 4 is 18.0 Å². The highest BCUT2D eigenvalue weighted by atomic mass is 16.6. The molecule has 1 N–H and O–H groups in total. The van der Waals surface area contributed by atoms with Crippen LogP contribution in [-0.4, -0.2) is 36.9 Å². The first-order chi connectivity index (χ1) is 9.60. The molecule has 1 aliphatic rings. The van der Waals surface area contributed by atoms with Crippen molar-refractivity contribution < 1.29 is 28.9 Å². The largest absolute Gasteiger partial charge is 0.504 e. The van der Waals surface area contributed by atoms with Gasteiger partial charge < -0.3 is 19.3 Å². The van der Waals surface area contributed by atoms with E-state index in [9.17, 15) is 14.7 Å². The maximum atomic E-state index is 11.5. The Hall–Kier alpha value is -2.50. The van der Waals surface area contributed by atoms with E-state index in [4.69, 9.17) is 9.47 Å². The molecule has 1 aromatic rings. The molecule has 2 rings (SSSR count). The van der Waals surface area contributed by atoms with Gasteiger partial charge in [-0.2, -0.15) is 0 Å². The summed E-state index contributed by atoms with van der Waals surface area (Å²) in [6, 6.07) is 4.65. The zero-order valence-electron chi connectivity index (χ0n) is 10.9. The second-order valence-corrected chi connectivity index (χ2v) is 4.15. The molecular formula is C14H14O6. The van der Waals surface area contributed by atoms with Gasteiger partial charge in [0.05, 0.1) is 13.7 Å². The molecule has 0 radical (unpaired) electrons. The second-order valence-electron chi connectivity index (χ2n) is 4.15. The van der Waals surface area contributed by atoms with Gasteiger partial charge in [-0.3, -0.25) is 0 Å². The number of esters is 2. The van der Waals surface area contributed by atoms with Crippen LogP contribution < -0.4 is 4.74 Å². The second kappa shape index (κ2) is 6.10. The number of benzene rings is 1. The summed E-state index contributed by atoms with van der Waals surface area (Å²) in [6.07, 6.45) is 2.27. The zero-order chi connectivity index (χ0) is 14.5. The highest BCUT2D eigenvalue weighted by molar-refractivity contribution is 5.89. The Morgan fingerprint density at radius 1 is 1.50 bits per heavy atom. The number of methoxy groups -OCH3 is 1. The molecule has 1 heterocycles. The molecule has 0 aliphatic carbocycles. The van der Waals surface area contributed by atoms with Gasteiger partial charge in [-0.25, -0.2) is 9.59 Å². The number of carbonyl (C=O) groups excluding carboxylic acids is 2. The number of carbonyl (C=O) groups is 2. The third-order valence-corrected chi connectivity index (χ3v) is 2.76. The normalized spacial score (nSPS) is 18.1. The van der Waals surface area contributed by atoms with Crippen LogP contribution in [0.2, 0.25) is 0 Å². The fourth-order valence-electron chi connectivity index (χ4n) is 1.73. The lowest BCUT2D eigenvalue weighted by Gasteiger charge is -2.05. The lowest BCUT2D eigenvalue weighted by atomic mass is 10.2. The minimum absolute atomic E-state index is 0.0147. The van der Waals surface area contributed by atoms with E-state index in [0.717, 1.165) is 0 Å². The number of ether oxygens (including phenoxy) is 3. The van der Waals surface area contributed by atoms with E-state index in [2.05, 4.69) is 4.74 Å². The first-order valence-electron chi connectivity index (χ1n) is 6.02. The summed E-state index contributed by atoms with van der Waals surface area (Å²) >= 11 is 0. The number of phenols is 1. The van der Waals surface area contributed by atoms with E-state index in [1.165, 1.54) is 25.3 Å². The number of hydrogen-bond acceptors (Lipinski definition) is 6. The van der Waals surface area contributed by atoms with E-state index >= 15 is 0 Å². The first kappa shape index (κ1) is 13.9. The Bertz CT molecular complexity index is 549. The zero-order valence-corrected chi connectivity index (χ0v) is 10.9. The van der Waals surface area contributed by atoms with Crippen molar-refractivity contribution in [1.29, 1.82) is 0 Å². The molecule has 20 heavy (non-hydrogen) atoms. The molecule has 0 spiro atoms. The van der Waals surface area contributed by atoms with Gasteiger partial charge in [-0.15, -0.1) is 0 Å². The average molecular weight is 278 g/mol. The molecule has 1 aliphatic heterocycles. The molecule has 1 aromatic carbocycles. The molecule has 0 unspecified atom stereocenters. The predicted octanol–water partition coefficient (Wildman–Crippen LogP) is 1.27. The molecule has 6 nitrogen and oxygen atoms in total. The van der Waals surface area contributed by atoms with Crippen molar-refractivity contribution in [2.45, 2.75) is 12.5 Å². The van der Waals surface area contributed by atoms with Gasteiger partial charge in [0.2, 0.25) is 6.10 Å². The lowest BCUT2D eigenvalue weighted by Crippen LogP contribution is -2.21. The number of aromatic hydroxyl groups is 1. The summed E-state index contributed by atoms with van der Waals surface area (Å²) in [4.78, 5) is 22.7. The standard InChI is InChI=1S/C14H14O6/c1-18-12-8-9(2-4-10(12)15)3-5-13(16)20-11-6-7-19-14(11)17/h2-5,8,11,15H,6-7H2,1H3/b5-3+/t11-/m1/s1. The highest BCUT2D eigenvalue weighted by Gasteiger charge is 2.29. The average Bonchev–Trinajstić information content (AvgIpc) is 2.83. The molecule has 0 aromatic heterocycles. The van der Waals surface area contributed by atoms with Crippen LogP contribution in [0, 0.1) is 0 Å². The summed E-state index contributed by atoms with van der Waals surface area (Å²) in [5.74, 6) is -0.820. The SMILES string of the molecule is COc1cc(/C=C/C(=O)O[C@@H]2CCOC2=O)ccc1O. The molecular weight excluding hydrogens is 264 g/mol. The number of phenolic OH excluding ortho intramolecular Hbond substituents is 1. The Labute approximate surface area is 115 Å². The van der Waals surface area contributed by atoms with Gasteiger partial charge in [-0.1, -0.05) is 6.07 Å². The van der Waals surface area contributed by atoms with Crippen molar-refractivity contribution in [3.8, 4) is 11.5 Å². The molecule has 6 heteroatoms. The molecule has 106 valence electrons. The van der Waals surface area contributed by atoms with E-state index in [1.807, 2.05) is 0 Å². The van der Waals surface area contributed by atoms with Crippen LogP contribution in [0.5, 0.6) is 11.5 Å². The smallest absolute Gasteiger partial charge is 0.347 e. The molecule has 0 bridgehead atoms. The number of rotatable bonds is 4. The fourth-order valence-corrected chi connectivity index (χ4v) is 1.73. The van der Waals surface area contributed by atoms with Crippen molar-refractivity contribution in [2.75, 3.05) is 13.7 Å². The maximum Gasteiger partial charge on any atom is 0.347 e. The summed E-state index contributed by atoms with van der Waals surface area (Å²) in [5.41, 5.74) is 0.658. The van der Waals surface area contributed by atoms with Crippen molar-refractivity contribution in [3.63, 3.8) is 0 Å². The Balaban J connectivity index is 1.98. The molecule has 1 fully saturated rings. The topological polar surface area (TPSA) is 82.1 Å². The highest BCUT2D eigenvalue weighted by Crippen LogP contribution is 2.26. The van der Waals surface area contributed by atoms with Gasteiger partial charge in [0.25, 0.3) is 0 Å². The third kappa shape index (κ3) is 3.28. The van der Waals surface area contributed by atoms with Gasteiger partial charge >= 0.3 is 11.9 Å². The Kier molecular flexibility index (Phi) is 4.24. The van der Waals surface area contributed by atoms with Crippen molar-refractivity contribution in [1.82, 2.24) is 0 Å². The van der Waals surface area contributed by atoms with Crippen molar-refractivity contribution in [2.24, 2.45) is 0 Å². The van der Waals surface area contributed by atoms with Gasteiger partial charge in [0.1, 0.15) is 0 Å². The number of cyclic esters (lactones) is 1. The van der Waals surface area contributed by atoms with Crippen LogP contribution in [0.15, 0.2) is 24.3 Å². The summed E-state index contributed by atoms with van der Waals surface area (Å²) in [7, 11) is 1.43. The van der Waals surface area contributed by atoms with Crippen LogP contribution in [0.4, 0.5) is 0 Å². The van der Waals surface area contributed by atoms with Crippen LogP contribution >= 0.6 is 0 Å². The van der Waals surface area contributed by atoms with E-state index in [1.54, 1.807) is 12.1 Å². The van der Waals surface area contributed by atoms with Gasteiger partial charge in [0, 0.05) is 12.5 Å². The molecule has 1 atom stereocenters. The van der Waals surface area contributed by atoms with Gasteiger partial charge in [0.15, 0.2) is 11.5 Å². The molecule has 1 saturated heterocycles. The van der Waals surface area contributed by atoms with Crippen LogP contribution in [0.1, 0.15) is 12.0 Å². The minimum atomic E-state index is -0.818. The first-order valence-corrected chi connectivity index (χ1v) is 6.02. The fraction of sp³-hybridized carbons (Fsp3) is 0.286. The van der Waals surface area contributed by atoms with Crippen LogP contribution in [-0.2, 0) is 19.1 Å². The predicted molar refractivity (Wildman–Crippen MR) is 69.1 cm³/mol. The van der Waals surface area contributed by atoms with Crippen LogP contribution in [0.25, 0.3) is 6.08 Å². The monoisotopic (exact) mass is 278 g/mol. The summed E-state index contributed by atoms with van der Waals surface area (Å²) in [5, 5.41) is 9.44. The van der Waals surface area contributed by atoms with E-state index in [-0.39, 0.29) is 12.4 Å². The Morgan fingerprint density at radius 2 is 2.30 bits per heavy atom. The minimum Gasteiger partial charge on any atom is -0.504 e.